The lowest BCUT2D eigenvalue weighted by atomic mass is 10.2. The third-order valence-corrected chi connectivity index (χ3v) is 2.88. The Morgan fingerprint density at radius 1 is 1.06 bits per heavy atom. The summed E-state index contributed by atoms with van der Waals surface area (Å²) in [6, 6.07) is 7.87. The minimum absolute atomic E-state index is 0.164. The molecule has 1 aliphatic heterocycles. The van der Waals surface area contributed by atoms with Crippen molar-refractivity contribution < 1.29 is 0 Å². The molecule has 0 atom stereocenters. The van der Waals surface area contributed by atoms with Crippen LogP contribution in [0.1, 0.15) is 0 Å². The first-order chi connectivity index (χ1) is 7.66. The molecule has 1 heterocycles. The van der Waals surface area contributed by atoms with Crippen molar-refractivity contribution in [1.29, 1.82) is 5.41 Å². The Balaban J connectivity index is 1.99. The Morgan fingerprint density at radius 2 is 1.62 bits per heavy atom. The number of nitrogens with one attached hydrogen (secondary N) is 1. The SMILES string of the molecule is N=C(N)N1CCN(c2ccc(N)cc2)CC1. The standard InChI is InChI=1S/C11H17N5/c12-9-1-3-10(4-2-9)15-5-7-16(8-6-15)11(13)14/h1-4H,5-8,12H2,(H3,13,14). The van der Waals surface area contributed by atoms with Gasteiger partial charge in [-0.2, -0.15) is 0 Å². The topological polar surface area (TPSA) is 82.4 Å². The maximum Gasteiger partial charge on any atom is 0.188 e. The van der Waals surface area contributed by atoms with Gasteiger partial charge in [0.15, 0.2) is 5.96 Å². The molecule has 1 saturated heterocycles. The zero-order valence-electron chi connectivity index (χ0n) is 9.19. The highest BCUT2D eigenvalue weighted by molar-refractivity contribution is 5.75. The Bertz CT molecular complexity index is 364. The van der Waals surface area contributed by atoms with Crippen molar-refractivity contribution in [3.8, 4) is 0 Å². The van der Waals surface area contributed by atoms with Crippen LogP contribution in [0.3, 0.4) is 0 Å². The van der Waals surface area contributed by atoms with Gasteiger partial charge in [0.1, 0.15) is 0 Å². The predicted octanol–water partition coefficient (Wildman–Crippen LogP) is 0.284. The summed E-state index contributed by atoms with van der Waals surface area (Å²) in [4.78, 5) is 4.16. The van der Waals surface area contributed by atoms with Gasteiger partial charge in [0.25, 0.3) is 0 Å². The molecule has 16 heavy (non-hydrogen) atoms. The number of nitrogens with zero attached hydrogens (tertiary/aromatic N) is 2. The first-order valence-corrected chi connectivity index (χ1v) is 5.36. The summed E-state index contributed by atoms with van der Waals surface area (Å²) >= 11 is 0. The van der Waals surface area contributed by atoms with Crippen LogP contribution in [0.5, 0.6) is 0 Å². The van der Waals surface area contributed by atoms with Crippen molar-refractivity contribution in [3.63, 3.8) is 0 Å². The molecule has 0 bridgehead atoms. The summed E-state index contributed by atoms with van der Waals surface area (Å²) in [5, 5.41) is 7.36. The van der Waals surface area contributed by atoms with Crippen LogP contribution in [0, 0.1) is 5.41 Å². The van der Waals surface area contributed by atoms with Crippen LogP contribution in [0.2, 0.25) is 0 Å². The second-order valence-electron chi connectivity index (χ2n) is 3.95. The lowest BCUT2D eigenvalue weighted by molar-refractivity contribution is 0.380. The van der Waals surface area contributed by atoms with Gasteiger partial charge in [-0.05, 0) is 24.3 Å². The Kier molecular flexibility index (Phi) is 2.85. The normalized spacial score (nSPS) is 16.2. The number of benzene rings is 1. The largest absolute Gasteiger partial charge is 0.399 e. The van der Waals surface area contributed by atoms with Crippen molar-refractivity contribution in [2.75, 3.05) is 36.8 Å². The van der Waals surface area contributed by atoms with Crippen LogP contribution in [-0.2, 0) is 0 Å². The fourth-order valence-electron chi connectivity index (χ4n) is 1.89. The molecule has 1 fully saturated rings. The lowest BCUT2D eigenvalue weighted by Crippen LogP contribution is -2.50. The molecule has 0 unspecified atom stereocenters. The van der Waals surface area contributed by atoms with E-state index in [1.54, 1.807) is 0 Å². The molecule has 2 rings (SSSR count). The van der Waals surface area contributed by atoms with E-state index in [-0.39, 0.29) is 5.96 Å². The molecule has 1 aromatic rings. The number of rotatable bonds is 1. The smallest absolute Gasteiger partial charge is 0.188 e. The number of hydrogen-bond acceptors (Lipinski definition) is 3. The van der Waals surface area contributed by atoms with Crippen LogP contribution < -0.4 is 16.4 Å². The average Bonchev–Trinajstić information content (AvgIpc) is 2.30. The summed E-state index contributed by atoms with van der Waals surface area (Å²) in [5.74, 6) is 0.164. The molecule has 0 saturated carbocycles. The van der Waals surface area contributed by atoms with E-state index in [0.29, 0.717) is 0 Å². The van der Waals surface area contributed by atoms with Gasteiger partial charge in [-0.15, -0.1) is 0 Å². The molecule has 5 nitrogen and oxygen atoms in total. The van der Waals surface area contributed by atoms with Gasteiger partial charge in [-0.3, -0.25) is 5.41 Å². The number of guanidine groups is 1. The van der Waals surface area contributed by atoms with E-state index >= 15 is 0 Å². The van der Waals surface area contributed by atoms with Gasteiger partial charge in [0.05, 0.1) is 0 Å². The fraction of sp³-hybridized carbons (Fsp3) is 0.364. The monoisotopic (exact) mass is 219 g/mol. The number of nitrogen functional groups attached to an aromatic ring is 1. The van der Waals surface area contributed by atoms with Gasteiger partial charge in [0, 0.05) is 37.6 Å². The maximum absolute atomic E-state index is 7.36. The first-order valence-electron chi connectivity index (χ1n) is 5.36. The predicted molar refractivity (Wildman–Crippen MR) is 66.6 cm³/mol. The van der Waals surface area contributed by atoms with E-state index in [0.717, 1.165) is 31.9 Å². The van der Waals surface area contributed by atoms with Gasteiger partial charge in [0.2, 0.25) is 0 Å². The summed E-state index contributed by atoms with van der Waals surface area (Å²) in [6.45, 7) is 3.40. The molecule has 1 aromatic carbocycles. The van der Waals surface area contributed by atoms with Crippen molar-refractivity contribution in [2.45, 2.75) is 0 Å². The minimum atomic E-state index is 0.164. The van der Waals surface area contributed by atoms with Crippen LogP contribution in [0.15, 0.2) is 24.3 Å². The number of nitrogens with two attached hydrogens (primary N) is 2. The molecule has 5 heteroatoms. The van der Waals surface area contributed by atoms with E-state index in [1.165, 1.54) is 5.69 Å². The lowest BCUT2D eigenvalue weighted by Gasteiger charge is -2.36. The van der Waals surface area contributed by atoms with Crippen LogP contribution in [-0.4, -0.2) is 37.0 Å². The molecular weight excluding hydrogens is 202 g/mol. The average molecular weight is 219 g/mol. The van der Waals surface area contributed by atoms with Gasteiger partial charge >= 0.3 is 0 Å². The zero-order valence-corrected chi connectivity index (χ0v) is 9.19. The Labute approximate surface area is 95.1 Å². The molecule has 0 radical (unpaired) electrons. The van der Waals surface area contributed by atoms with Crippen LogP contribution >= 0.6 is 0 Å². The first kappa shape index (κ1) is 10.6. The Hall–Kier alpha value is -1.91. The molecule has 86 valence electrons. The van der Waals surface area contributed by atoms with Gasteiger partial charge in [-0.1, -0.05) is 0 Å². The van der Waals surface area contributed by atoms with E-state index < -0.39 is 0 Å². The van der Waals surface area contributed by atoms with Crippen LogP contribution in [0.25, 0.3) is 0 Å². The van der Waals surface area contributed by atoms with Crippen molar-refractivity contribution in [2.24, 2.45) is 5.73 Å². The van der Waals surface area contributed by atoms with Gasteiger partial charge in [-0.25, -0.2) is 0 Å². The number of anilines is 2. The number of piperazine rings is 1. The van der Waals surface area contributed by atoms with E-state index in [2.05, 4.69) is 4.90 Å². The summed E-state index contributed by atoms with van der Waals surface area (Å²) in [6.07, 6.45) is 0. The maximum atomic E-state index is 7.36. The van der Waals surface area contributed by atoms with Crippen molar-refractivity contribution in [3.05, 3.63) is 24.3 Å². The number of hydrogen-bond donors (Lipinski definition) is 3. The summed E-state index contributed by atoms with van der Waals surface area (Å²) in [5.41, 5.74) is 13.1. The molecular formula is C11H17N5. The molecule has 0 spiro atoms. The molecule has 0 aromatic heterocycles. The highest BCUT2D eigenvalue weighted by Gasteiger charge is 2.17. The summed E-state index contributed by atoms with van der Waals surface area (Å²) < 4.78 is 0. The minimum Gasteiger partial charge on any atom is -0.399 e. The molecule has 0 amide bonds. The van der Waals surface area contributed by atoms with Crippen molar-refractivity contribution >= 4 is 17.3 Å². The highest BCUT2D eigenvalue weighted by atomic mass is 15.3. The second-order valence-corrected chi connectivity index (χ2v) is 3.95. The molecule has 0 aliphatic carbocycles. The second kappa shape index (κ2) is 4.30. The zero-order chi connectivity index (χ0) is 11.5. The quantitative estimate of drug-likeness (QED) is 0.360. The summed E-state index contributed by atoms with van der Waals surface area (Å²) in [7, 11) is 0. The highest BCUT2D eigenvalue weighted by Crippen LogP contribution is 2.17. The van der Waals surface area contributed by atoms with Crippen LogP contribution in [0.4, 0.5) is 11.4 Å². The van der Waals surface area contributed by atoms with E-state index in [1.807, 2.05) is 29.2 Å². The fourth-order valence-corrected chi connectivity index (χ4v) is 1.89. The van der Waals surface area contributed by atoms with E-state index in [4.69, 9.17) is 16.9 Å². The third-order valence-electron chi connectivity index (χ3n) is 2.88. The molecule has 5 N–H and O–H groups in total. The Morgan fingerprint density at radius 3 is 2.12 bits per heavy atom. The van der Waals surface area contributed by atoms with Crippen molar-refractivity contribution in [1.82, 2.24) is 4.90 Å². The third kappa shape index (κ3) is 2.18. The van der Waals surface area contributed by atoms with Gasteiger partial charge < -0.3 is 21.3 Å². The van der Waals surface area contributed by atoms with E-state index in [9.17, 15) is 0 Å². The molecule has 1 aliphatic rings.